The van der Waals surface area contributed by atoms with Crippen LogP contribution in [0.3, 0.4) is 0 Å². The fraction of sp³-hybridized carbons (Fsp3) is 0.409. The van der Waals surface area contributed by atoms with Crippen LogP contribution in [0.1, 0.15) is 25.0 Å². The minimum absolute atomic E-state index is 0. The highest BCUT2D eigenvalue weighted by Gasteiger charge is 2.09. The molecule has 0 aromatic heterocycles. The zero-order chi connectivity index (χ0) is 20.4. The third kappa shape index (κ3) is 8.99. The van der Waals surface area contributed by atoms with E-state index >= 15 is 0 Å². The normalized spacial score (nSPS) is 12.3. The Kier molecular flexibility index (Phi) is 11.6. The van der Waals surface area contributed by atoms with E-state index in [1.165, 1.54) is 17.2 Å². The predicted octanol–water partition coefficient (Wildman–Crippen LogP) is 4.03. The largest absolute Gasteiger partial charge is 0.486 e. The molecule has 1 unspecified atom stereocenters. The van der Waals surface area contributed by atoms with Crippen molar-refractivity contribution >= 4 is 29.9 Å². The van der Waals surface area contributed by atoms with Crippen molar-refractivity contribution < 1.29 is 9.13 Å². The van der Waals surface area contributed by atoms with Crippen LogP contribution in [-0.4, -0.2) is 44.1 Å². The number of rotatable bonds is 9. The van der Waals surface area contributed by atoms with Crippen molar-refractivity contribution in [3.8, 4) is 5.75 Å². The number of ether oxygens (including phenoxy) is 1. The maximum absolute atomic E-state index is 13.7. The Labute approximate surface area is 190 Å². The molecule has 29 heavy (non-hydrogen) atoms. The first-order valence-corrected chi connectivity index (χ1v) is 9.64. The van der Waals surface area contributed by atoms with E-state index in [4.69, 9.17) is 9.73 Å². The fourth-order valence-corrected chi connectivity index (χ4v) is 2.75. The smallest absolute Gasteiger partial charge is 0.191 e. The molecule has 0 amide bonds. The number of nitrogens with one attached hydrogen (secondary N) is 2. The van der Waals surface area contributed by atoms with E-state index in [9.17, 15) is 4.39 Å². The molecule has 1 atom stereocenters. The summed E-state index contributed by atoms with van der Waals surface area (Å²) in [5.41, 5.74) is 2.47. The molecule has 0 saturated heterocycles. The lowest BCUT2D eigenvalue weighted by atomic mass is 10.1. The monoisotopic (exact) mass is 514 g/mol. The molecular formula is C22H32FIN4O. The molecule has 5 nitrogen and oxygen atoms in total. The van der Waals surface area contributed by atoms with Gasteiger partial charge in [-0.15, -0.1) is 24.0 Å². The van der Waals surface area contributed by atoms with Gasteiger partial charge < -0.3 is 20.3 Å². The summed E-state index contributed by atoms with van der Waals surface area (Å²) in [5.74, 6) is 0.620. The van der Waals surface area contributed by atoms with Gasteiger partial charge in [-0.1, -0.05) is 36.4 Å². The lowest BCUT2D eigenvalue weighted by molar-refractivity contribution is 0.214. The average molecular weight is 514 g/mol. The number of aliphatic imine (C=N–C) groups is 1. The van der Waals surface area contributed by atoms with Crippen molar-refractivity contribution in [3.05, 3.63) is 65.5 Å². The quantitative estimate of drug-likeness (QED) is 0.302. The van der Waals surface area contributed by atoms with Gasteiger partial charge in [0.25, 0.3) is 0 Å². The number of guanidine groups is 1. The van der Waals surface area contributed by atoms with Crippen LogP contribution in [0, 0.1) is 5.82 Å². The Morgan fingerprint density at radius 1 is 1.07 bits per heavy atom. The van der Waals surface area contributed by atoms with Gasteiger partial charge in [0.15, 0.2) is 17.5 Å². The van der Waals surface area contributed by atoms with Crippen molar-refractivity contribution in [1.29, 1.82) is 0 Å². The van der Waals surface area contributed by atoms with Crippen LogP contribution in [0.5, 0.6) is 5.75 Å². The number of nitrogens with zero attached hydrogens (tertiary/aromatic N) is 2. The average Bonchev–Trinajstić information content (AvgIpc) is 2.66. The molecule has 0 aliphatic rings. The summed E-state index contributed by atoms with van der Waals surface area (Å²) in [5, 5.41) is 6.51. The number of hydrogen-bond donors (Lipinski definition) is 2. The zero-order valence-electron chi connectivity index (χ0n) is 17.6. The van der Waals surface area contributed by atoms with E-state index in [1.807, 2.05) is 19.9 Å². The van der Waals surface area contributed by atoms with Crippen LogP contribution in [0.4, 0.5) is 4.39 Å². The Hall–Kier alpha value is -1.87. The maximum atomic E-state index is 13.7. The molecule has 7 heteroatoms. The van der Waals surface area contributed by atoms with Crippen molar-refractivity contribution in [1.82, 2.24) is 15.5 Å². The van der Waals surface area contributed by atoms with Gasteiger partial charge in [0.1, 0.15) is 6.10 Å². The highest BCUT2D eigenvalue weighted by atomic mass is 127. The summed E-state index contributed by atoms with van der Waals surface area (Å²) in [6.45, 7) is 6.66. The van der Waals surface area contributed by atoms with Crippen molar-refractivity contribution in [2.45, 2.75) is 33.0 Å². The van der Waals surface area contributed by atoms with Crippen LogP contribution < -0.4 is 15.4 Å². The summed E-state index contributed by atoms with van der Waals surface area (Å²) >= 11 is 0. The molecule has 0 saturated carbocycles. The summed E-state index contributed by atoms with van der Waals surface area (Å²) in [6.07, 6.45) is -0.207. The first kappa shape index (κ1) is 25.2. The number of benzene rings is 2. The first-order chi connectivity index (χ1) is 13.5. The zero-order valence-corrected chi connectivity index (χ0v) is 19.9. The van der Waals surface area contributed by atoms with Crippen LogP contribution in [-0.2, 0) is 13.1 Å². The molecule has 0 aliphatic heterocycles. The van der Waals surface area contributed by atoms with Crippen molar-refractivity contribution in [3.63, 3.8) is 0 Å². The fourth-order valence-electron chi connectivity index (χ4n) is 2.75. The van der Waals surface area contributed by atoms with Crippen LogP contribution in [0.2, 0.25) is 0 Å². The standard InChI is InChI=1S/C22H31FN4O.HI/c1-5-24-22(25-14-17(2)28-21-13-9-8-12-20(21)23)26-15-18-10-6-7-11-19(18)16-27(3)4;/h6-13,17H,5,14-16H2,1-4H3,(H2,24,25,26);1H. The minimum Gasteiger partial charge on any atom is -0.486 e. The number of halogens is 2. The second-order valence-corrected chi connectivity index (χ2v) is 6.94. The van der Waals surface area contributed by atoms with Gasteiger partial charge in [0, 0.05) is 13.1 Å². The molecule has 0 spiro atoms. The Morgan fingerprint density at radius 2 is 1.72 bits per heavy atom. The summed E-state index contributed by atoms with van der Waals surface area (Å²) in [6, 6.07) is 14.8. The van der Waals surface area contributed by atoms with Gasteiger partial charge in [-0.2, -0.15) is 0 Å². The van der Waals surface area contributed by atoms with E-state index in [-0.39, 0.29) is 41.6 Å². The molecule has 0 radical (unpaired) electrons. The Balaban J connectivity index is 0.00000420. The Morgan fingerprint density at radius 3 is 2.38 bits per heavy atom. The van der Waals surface area contributed by atoms with Gasteiger partial charge in [-0.3, -0.25) is 0 Å². The summed E-state index contributed by atoms with van der Waals surface area (Å²) < 4.78 is 19.4. The third-order valence-electron chi connectivity index (χ3n) is 4.08. The molecule has 0 heterocycles. The highest BCUT2D eigenvalue weighted by Crippen LogP contribution is 2.16. The van der Waals surface area contributed by atoms with E-state index in [1.54, 1.807) is 18.2 Å². The van der Waals surface area contributed by atoms with E-state index in [2.05, 4.69) is 47.8 Å². The molecule has 2 rings (SSSR count). The SMILES string of the molecule is CCNC(=NCc1ccccc1CN(C)C)NCC(C)Oc1ccccc1F.I. The Bertz CT molecular complexity index is 770. The van der Waals surface area contributed by atoms with Crippen molar-refractivity contribution in [2.75, 3.05) is 27.2 Å². The van der Waals surface area contributed by atoms with E-state index in [0.29, 0.717) is 19.0 Å². The molecular weight excluding hydrogens is 482 g/mol. The summed E-state index contributed by atoms with van der Waals surface area (Å²) in [7, 11) is 4.12. The second kappa shape index (κ2) is 13.4. The van der Waals surface area contributed by atoms with E-state index in [0.717, 1.165) is 13.1 Å². The molecule has 160 valence electrons. The topological polar surface area (TPSA) is 48.9 Å². The molecule has 0 aliphatic carbocycles. The van der Waals surface area contributed by atoms with Crippen LogP contribution >= 0.6 is 24.0 Å². The summed E-state index contributed by atoms with van der Waals surface area (Å²) in [4.78, 5) is 6.84. The van der Waals surface area contributed by atoms with Crippen LogP contribution in [0.15, 0.2) is 53.5 Å². The molecule has 0 bridgehead atoms. The van der Waals surface area contributed by atoms with Gasteiger partial charge in [-0.05, 0) is 51.2 Å². The molecule has 2 N–H and O–H groups in total. The lowest BCUT2D eigenvalue weighted by Crippen LogP contribution is -2.41. The lowest BCUT2D eigenvalue weighted by Gasteiger charge is -2.18. The van der Waals surface area contributed by atoms with Gasteiger partial charge >= 0.3 is 0 Å². The number of hydrogen-bond acceptors (Lipinski definition) is 3. The van der Waals surface area contributed by atoms with E-state index < -0.39 is 0 Å². The number of para-hydroxylation sites is 1. The predicted molar refractivity (Wildman–Crippen MR) is 129 cm³/mol. The third-order valence-corrected chi connectivity index (χ3v) is 4.08. The molecule has 2 aromatic rings. The maximum Gasteiger partial charge on any atom is 0.191 e. The van der Waals surface area contributed by atoms with Crippen LogP contribution in [0.25, 0.3) is 0 Å². The van der Waals surface area contributed by atoms with Gasteiger partial charge in [-0.25, -0.2) is 9.38 Å². The first-order valence-electron chi connectivity index (χ1n) is 9.64. The van der Waals surface area contributed by atoms with Crippen molar-refractivity contribution in [2.24, 2.45) is 4.99 Å². The van der Waals surface area contributed by atoms with Gasteiger partial charge in [0.05, 0.1) is 13.1 Å². The second-order valence-electron chi connectivity index (χ2n) is 6.94. The molecule has 0 fully saturated rings. The minimum atomic E-state index is -0.354. The molecule has 2 aromatic carbocycles. The van der Waals surface area contributed by atoms with Gasteiger partial charge in [0.2, 0.25) is 0 Å². The highest BCUT2D eigenvalue weighted by molar-refractivity contribution is 14.0.